The fourth-order valence-electron chi connectivity index (χ4n) is 3.29. The summed E-state index contributed by atoms with van der Waals surface area (Å²) in [4.78, 5) is 26.1. The van der Waals surface area contributed by atoms with Crippen molar-refractivity contribution in [2.45, 2.75) is 90.9 Å². The predicted octanol–water partition coefficient (Wildman–Crippen LogP) is 5.64. The minimum Gasteiger partial charge on any atom is -0.360 e. The van der Waals surface area contributed by atoms with Crippen LogP contribution in [0.15, 0.2) is 23.2 Å². The first-order valence-corrected chi connectivity index (χ1v) is 11.2. The highest BCUT2D eigenvalue weighted by Gasteiger charge is 2.16. The molecule has 6 nitrogen and oxygen atoms in total. The van der Waals surface area contributed by atoms with Crippen LogP contribution in [0, 0.1) is 6.92 Å². The first kappa shape index (κ1) is 24.9. The second-order valence-corrected chi connectivity index (χ2v) is 7.72. The zero-order chi connectivity index (χ0) is 21.3. The van der Waals surface area contributed by atoms with Crippen LogP contribution in [0.25, 0.3) is 0 Å². The summed E-state index contributed by atoms with van der Waals surface area (Å²) < 4.78 is 4.93. The average Bonchev–Trinajstić information content (AvgIpc) is 3.10. The summed E-state index contributed by atoms with van der Waals surface area (Å²) in [5, 5.41) is 6.38. The Morgan fingerprint density at radius 3 is 2.17 bits per heavy atom. The summed E-state index contributed by atoms with van der Waals surface area (Å²) in [5.41, 5.74) is 0. The second kappa shape index (κ2) is 15.8. The Balaban J connectivity index is 2.15. The number of nitrogens with zero attached hydrogens (tertiary/aromatic N) is 2. The van der Waals surface area contributed by atoms with E-state index in [0.29, 0.717) is 24.5 Å². The quantitative estimate of drug-likeness (QED) is 0.269. The van der Waals surface area contributed by atoms with E-state index in [9.17, 15) is 9.59 Å². The zero-order valence-corrected chi connectivity index (χ0v) is 18.4. The third-order valence-corrected chi connectivity index (χ3v) is 4.93. The summed E-state index contributed by atoms with van der Waals surface area (Å²) in [6, 6.07) is 1.64. The first-order valence-electron chi connectivity index (χ1n) is 11.2. The second-order valence-electron chi connectivity index (χ2n) is 7.72. The summed E-state index contributed by atoms with van der Waals surface area (Å²) in [5.74, 6) is 0.694. The number of hydrogen-bond donors (Lipinski definition) is 1. The lowest BCUT2D eigenvalue weighted by Crippen LogP contribution is -2.38. The monoisotopic (exact) mass is 405 g/mol. The van der Waals surface area contributed by atoms with Crippen molar-refractivity contribution in [3.63, 3.8) is 0 Å². The third kappa shape index (κ3) is 12.1. The summed E-state index contributed by atoms with van der Waals surface area (Å²) >= 11 is 0. The Hall–Kier alpha value is -2.11. The molecule has 29 heavy (non-hydrogen) atoms. The predicted molar refractivity (Wildman–Crippen MR) is 118 cm³/mol. The van der Waals surface area contributed by atoms with Crippen molar-refractivity contribution in [1.29, 1.82) is 0 Å². The average molecular weight is 406 g/mol. The molecule has 0 spiro atoms. The first-order chi connectivity index (χ1) is 14.1. The Bertz CT molecular complexity index is 598. The van der Waals surface area contributed by atoms with E-state index < -0.39 is 0 Å². The van der Waals surface area contributed by atoms with Gasteiger partial charge < -0.3 is 14.7 Å². The van der Waals surface area contributed by atoms with Gasteiger partial charge in [-0.25, -0.2) is 0 Å². The molecule has 1 rings (SSSR count). The van der Waals surface area contributed by atoms with Crippen molar-refractivity contribution < 1.29 is 14.1 Å². The molecule has 0 fully saturated rings. The van der Waals surface area contributed by atoms with Crippen LogP contribution in [0.2, 0.25) is 0 Å². The fraction of sp³-hybridized carbons (Fsp3) is 0.696. The highest BCUT2D eigenvalue weighted by molar-refractivity contribution is 5.93. The van der Waals surface area contributed by atoms with Crippen LogP contribution in [0.5, 0.6) is 0 Å². The molecule has 1 heterocycles. The largest absolute Gasteiger partial charge is 0.360 e. The molecule has 6 heteroatoms. The minimum absolute atomic E-state index is 0.00517. The number of aromatic nitrogens is 1. The molecular weight excluding hydrogens is 366 g/mol. The molecule has 0 saturated heterocycles. The number of carbonyl (C=O) groups excluding carboxylic acids is 2. The van der Waals surface area contributed by atoms with Gasteiger partial charge in [0, 0.05) is 19.0 Å². The van der Waals surface area contributed by atoms with E-state index in [-0.39, 0.29) is 18.4 Å². The minimum atomic E-state index is -0.285. The lowest BCUT2D eigenvalue weighted by atomic mass is 10.1. The molecule has 1 N–H and O–H groups in total. The van der Waals surface area contributed by atoms with Crippen LogP contribution in [0.3, 0.4) is 0 Å². The van der Waals surface area contributed by atoms with Crippen LogP contribution >= 0.6 is 0 Å². The van der Waals surface area contributed by atoms with Gasteiger partial charge in [0.25, 0.3) is 0 Å². The summed E-state index contributed by atoms with van der Waals surface area (Å²) in [6.07, 6.45) is 15.8. The number of anilines is 1. The van der Waals surface area contributed by atoms with Gasteiger partial charge in [0.15, 0.2) is 5.82 Å². The van der Waals surface area contributed by atoms with Gasteiger partial charge in [-0.15, -0.1) is 6.58 Å². The van der Waals surface area contributed by atoms with Crippen molar-refractivity contribution in [1.82, 2.24) is 10.1 Å². The van der Waals surface area contributed by atoms with Crippen molar-refractivity contribution in [3.8, 4) is 0 Å². The summed E-state index contributed by atoms with van der Waals surface area (Å²) in [7, 11) is 0. The van der Waals surface area contributed by atoms with Crippen molar-refractivity contribution in [3.05, 3.63) is 24.5 Å². The molecule has 0 bridgehead atoms. The maximum absolute atomic E-state index is 12.4. The number of nitrogens with one attached hydrogen (secondary N) is 1. The van der Waals surface area contributed by atoms with Gasteiger partial charge in [0.1, 0.15) is 12.3 Å². The normalized spacial score (nSPS) is 10.7. The zero-order valence-electron chi connectivity index (χ0n) is 18.4. The number of amides is 2. The fourth-order valence-corrected chi connectivity index (χ4v) is 3.29. The van der Waals surface area contributed by atoms with Crippen LogP contribution < -0.4 is 5.32 Å². The topological polar surface area (TPSA) is 75.4 Å². The van der Waals surface area contributed by atoms with E-state index >= 15 is 0 Å². The molecular formula is C23H39N3O3. The Morgan fingerprint density at radius 1 is 1.07 bits per heavy atom. The Labute approximate surface area is 176 Å². The van der Waals surface area contributed by atoms with Gasteiger partial charge >= 0.3 is 0 Å². The number of carbonyl (C=O) groups is 2. The summed E-state index contributed by atoms with van der Waals surface area (Å²) in [6.45, 7) is 8.04. The molecule has 2 amide bonds. The van der Waals surface area contributed by atoms with Gasteiger partial charge in [-0.2, -0.15) is 0 Å². The SMILES string of the molecule is C=CCN(CC(=O)Nc1cc(C)on1)C(=O)CCCCCCCCCCCCC. The molecule has 1 aromatic rings. The number of unbranched alkanes of at least 4 members (excludes halogenated alkanes) is 10. The van der Waals surface area contributed by atoms with E-state index in [1.165, 1.54) is 62.7 Å². The highest BCUT2D eigenvalue weighted by atomic mass is 16.5. The molecule has 0 unspecified atom stereocenters. The van der Waals surface area contributed by atoms with Gasteiger partial charge in [-0.05, 0) is 13.3 Å². The van der Waals surface area contributed by atoms with Gasteiger partial charge in [0.05, 0.1) is 0 Å². The number of aryl methyl sites for hydroxylation is 1. The molecule has 0 radical (unpaired) electrons. The maximum atomic E-state index is 12.4. The maximum Gasteiger partial charge on any atom is 0.245 e. The number of hydrogen-bond acceptors (Lipinski definition) is 4. The highest BCUT2D eigenvalue weighted by Crippen LogP contribution is 2.13. The Morgan fingerprint density at radius 2 is 1.66 bits per heavy atom. The van der Waals surface area contributed by atoms with E-state index in [0.717, 1.165) is 12.8 Å². The molecule has 0 aliphatic heterocycles. The lowest BCUT2D eigenvalue weighted by molar-refractivity contribution is -0.134. The molecule has 0 aliphatic rings. The van der Waals surface area contributed by atoms with Crippen molar-refractivity contribution >= 4 is 17.6 Å². The van der Waals surface area contributed by atoms with Crippen LogP contribution in [0.1, 0.15) is 89.7 Å². The standard InChI is InChI=1S/C23H39N3O3/c1-4-6-7-8-9-10-11-12-13-14-15-16-23(28)26(17-5-2)19-22(27)24-21-18-20(3)29-25-21/h5,18H,2,4,6-17,19H2,1,3H3,(H,24,25,27). The van der Waals surface area contributed by atoms with E-state index in [1.807, 2.05) is 0 Å². The Kier molecular flexibility index (Phi) is 13.6. The smallest absolute Gasteiger partial charge is 0.245 e. The lowest BCUT2D eigenvalue weighted by Gasteiger charge is -2.20. The van der Waals surface area contributed by atoms with Crippen LogP contribution in [-0.2, 0) is 9.59 Å². The van der Waals surface area contributed by atoms with E-state index in [2.05, 4.69) is 24.0 Å². The van der Waals surface area contributed by atoms with Gasteiger partial charge in [0.2, 0.25) is 11.8 Å². The van der Waals surface area contributed by atoms with E-state index in [1.54, 1.807) is 19.1 Å². The molecule has 1 aromatic heterocycles. The molecule has 0 atom stereocenters. The van der Waals surface area contributed by atoms with Crippen molar-refractivity contribution in [2.75, 3.05) is 18.4 Å². The third-order valence-electron chi connectivity index (χ3n) is 4.93. The molecule has 0 aromatic carbocycles. The van der Waals surface area contributed by atoms with Crippen molar-refractivity contribution in [2.24, 2.45) is 0 Å². The molecule has 164 valence electrons. The van der Waals surface area contributed by atoms with Gasteiger partial charge in [-0.1, -0.05) is 82.4 Å². The van der Waals surface area contributed by atoms with Crippen LogP contribution in [-0.4, -0.2) is 35.0 Å². The molecule has 0 saturated carbocycles. The molecule has 0 aliphatic carbocycles. The van der Waals surface area contributed by atoms with Crippen LogP contribution in [0.4, 0.5) is 5.82 Å². The number of rotatable bonds is 17. The van der Waals surface area contributed by atoms with E-state index in [4.69, 9.17) is 4.52 Å². The van der Waals surface area contributed by atoms with Gasteiger partial charge in [-0.3, -0.25) is 9.59 Å².